The van der Waals surface area contributed by atoms with Gasteiger partial charge in [0.15, 0.2) is 5.69 Å². The summed E-state index contributed by atoms with van der Waals surface area (Å²) < 4.78 is 19.6. The molecule has 2 aromatic carbocycles. The SMILES string of the molecule is COc1ccc(-c2cc(C(=O)O)n(-c3ccc(F)c(Cl)c3)n2)cc1. The van der Waals surface area contributed by atoms with Gasteiger partial charge in [0, 0.05) is 5.56 Å². The fourth-order valence-corrected chi connectivity index (χ4v) is 2.42. The molecule has 1 heterocycles. The van der Waals surface area contributed by atoms with Crippen molar-refractivity contribution in [1.29, 1.82) is 0 Å². The number of carbonyl (C=O) groups is 1. The Morgan fingerprint density at radius 2 is 1.92 bits per heavy atom. The molecule has 122 valence electrons. The molecule has 0 unspecified atom stereocenters. The molecule has 0 atom stereocenters. The monoisotopic (exact) mass is 346 g/mol. The van der Waals surface area contributed by atoms with Crippen LogP contribution in [0, 0.1) is 5.82 Å². The minimum Gasteiger partial charge on any atom is -0.497 e. The second-order valence-corrected chi connectivity index (χ2v) is 5.37. The molecule has 1 N–H and O–H groups in total. The lowest BCUT2D eigenvalue weighted by Gasteiger charge is -2.05. The molecule has 0 radical (unpaired) electrons. The first-order valence-electron chi connectivity index (χ1n) is 6.93. The van der Waals surface area contributed by atoms with E-state index in [4.69, 9.17) is 16.3 Å². The minimum absolute atomic E-state index is 0.0523. The van der Waals surface area contributed by atoms with Gasteiger partial charge in [0.2, 0.25) is 0 Å². The maximum Gasteiger partial charge on any atom is 0.354 e. The van der Waals surface area contributed by atoms with Crippen LogP contribution in [-0.2, 0) is 0 Å². The van der Waals surface area contributed by atoms with Crippen LogP contribution in [0.4, 0.5) is 4.39 Å². The van der Waals surface area contributed by atoms with Crippen LogP contribution in [0.5, 0.6) is 5.75 Å². The quantitative estimate of drug-likeness (QED) is 0.774. The summed E-state index contributed by atoms with van der Waals surface area (Å²) in [4.78, 5) is 11.5. The maximum atomic E-state index is 13.3. The normalized spacial score (nSPS) is 10.6. The van der Waals surface area contributed by atoms with Crippen LogP contribution in [0.25, 0.3) is 16.9 Å². The summed E-state index contributed by atoms with van der Waals surface area (Å²) in [6.07, 6.45) is 0. The largest absolute Gasteiger partial charge is 0.497 e. The number of carboxylic acids is 1. The molecule has 0 aliphatic carbocycles. The van der Waals surface area contributed by atoms with Crippen molar-refractivity contribution < 1.29 is 19.0 Å². The van der Waals surface area contributed by atoms with E-state index in [9.17, 15) is 14.3 Å². The molecule has 0 fully saturated rings. The van der Waals surface area contributed by atoms with Crippen molar-refractivity contribution >= 4 is 17.6 Å². The van der Waals surface area contributed by atoms with Crippen LogP contribution in [0.2, 0.25) is 5.02 Å². The number of aromatic nitrogens is 2. The van der Waals surface area contributed by atoms with E-state index in [1.54, 1.807) is 31.4 Å². The Kier molecular flexibility index (Phi) is 4.22. The van der Waals surface area contributed by atoms with Crippen molar-refractivity contribution in [1.82, 2.24) is 9.78 Å². The summed E-state index contributed by atoms with van der Waals surface area (Å²) in [5.74, 6) is -1.05. The topological polar surface area (TPSA) is 64.3 Å². The number of benzene rings is 2. The van der Waals surface area contributed by atoms with Crippen molar-refractivity contribution in [3.8, 4) is 22.7 Å². The van der Waals surface area contributed by atoms with Gasteiger partial charge in [0.05, 0.1) is 23.5 Å². The standard InChI is InChI=1S/C17H12ClFN2O3/c1-24-12-5-2-10(3-6-12)15-9-16(17(22)23)21(20-15)11-4-7-14(19)13(18)8-11/h2-9H,1H3,(H,22,23). The third kappa shape index (κ3) is 2.96. The zero-order valence-corrected chi connectivity index (χ0v) is 13.3. The molecule has 24 heavy (non-hydrogen) atoms. The highest BCUT2D eigenvalue weighted by atomic mass is 35.5. The van der Waals surface area contributed by atoms with Crippen LogP contribution < -0.4 is 4.74 Å². The number of hydrogen-bond acceptors (Lipinski definition) is 3. The highest BCUT2D eigenvalue weighted by Crippen LogP contribution is 2.25. The molecule has 1 aromatic heterocycles. The second kappa shape index (κ2) is 6.33. The Labute approximate surface area is 141 Å². The van der Waals surface area contributed by atoms with E-state index in [0.29, 0.717) is 17.1 Å². The smallest absolute Gasteiger partial charge is 0.354 e. The van der Waals surface area contributed by atoms with Gasteiger partial charge in [-0.25, -0.2) is 13.9 Å². The lowest BCUT2D eigenvalue weighted by atomic mass is 10.1. The van der Waals surface area contributed by atoms with Crippen molar-refractivity contribution in [2.45, 2.75) is 0 Å². The van der Waals surface area contributed by atoms with E-state index in [1.807, 2.05) is 0 Å². The van der Waals surface area contributed by atoms with Gasteiger partial charge in [-0.2, -0.15) is 5.10 Å². The molecule has 0 amide bonds. The number of nitrogens with zero attached hydrogens (tertiary/aromatic N) is 2. The number of halogens is 2. The summed E-state index contributed by atoms with van der Waals surface area (Å²) in [5.41, 5.74) is 1.50. The van der Waals surface area contributed by atoms with Crippen LogP contribution in [0.3, 0.4) is 0 Å². The molecule has 5 nitrogen and oxygen atoms in total. The Bertz CT molecular complexity index is 907. The van der Waals surface area contributed by atoms with E-state index in [2.05, 4.69) is 5.10 Å². The summed E-state index contributed by atoms with van der Waals surface area (Å²) in [6.45, 7) is 0. The van der Waals surface area contributed by atoms with Gasteiger partial charge >= 0.3 is 5.97 Å². The van der Waals surface area contributed by atoms with Crippen LogP contribution >= 0.6 is 11.6 Å². The van der Waals surface area contributed by atoms with Gasteiger partial charge in [-0.3, -0.25) is 0 Å². The molecule has 0 saturated heterocycles. The average molecular weight is 347 g/mol. The van der Waals surface area contributed by atoms with Gasteiger partial charge in [0.25, 0.3) is 0 Å². The number of carboxylic acid groups (broad SMARTS) is 1. The van der Waals surface area contributed by atoms with E-state index in [-0.39, 0.29) is 10.7 Å². The van der Waals surface area contributed by atoms with Gasteiger partial charge in [0.1, 0.15) is 11.6 Å². The summed E-state index contributed by atoms with van der Waals surface area (Å²) in [6, 6.07) is 12.4. The fourth-order valence-electron chi connectivity index (χ4n) is 2.25. The number of ether oxygens (including phenoxy) is 1. The molecular formula is C17H12ClFN2O3. The Hall–Kier alpha value is -2.86. The highest BCUT2D eigenvalue weighted by Gasteiger charge is 2.17. The van der Waals surface area contributed by atoms with Crippen molar-refractivity contribution in [2.24, 2.45) is 0 Å². The molecule has 0 aliphatic rings. The number of hydrogen-bond donors (Lipinski definition) is 1. The maximum absolute atomic E-state index is 13.3. The molecule has 0 saturated carbocycles. The molecule has 0 aliphatic heterocycles. The minimum atomic E-state index is -1.15. The number of rotatable bonds is 4. The fraction of sp³-hybridized carbons (Fsp3) is 0.0588. The van der Waals surface area contributed by atoms with Crippen LogP contribution in [0.1, 0.15) is 10.5 Å². The third-order valence-corrected chi connectivity index (χ3v) is 3.75. The number of aromatic carboxylic acids is 1. The Morgan fingerprint density at radius 1 is 1.21 bits per heavy atom. The van der Waals surface area contributed by atoms with Crippen LogP contribution in [-0.4, -0.2) is 28.0 Å². The molecule has 0 spiro atoms. The van der Waals surface area contributed by atoms with Gasteiger partial charge in [-0.1, -0.05) is 11.6 Å². The lowest BCUT2D eigenvalue weighted by Crippen LogP contribution is -2.08. The van der Waals surface area contributed by atoms with Crippen molar-refractivity contribution in [3.05, 3.63) is 65.1 Å². The van der Waals surface area contributed by atoms with E-state index in [1.165, 1.54) is 22.9 Å². The second-order valence-electron chi connectivity index (χ2n) is 4.96. The van der Waals surface area contributed by atoms with Gasteiger partial charge in [-0.15, -0.1) is 0 Å². The average Bonchev–Trinajstić information content (AvgIpc) is 3.03. The highest BCUT2D eigenvalue weighted by molar-refractivity contribution is 6.30. The zero-order valence-electron chi connectivity index (χ0n) is 12.5. The predicted octanol–water partition coefficient (Wildman–Crippen LogP) is 4.04. The van der Waals surface area contributed by atoms with E-state index in [0.717, 1.165) is 11.6 Å². The Morgan fingerprint density at radius 3 is 2.50 bits per heavy atom. The molecule has 3 rings (SSSR count). The van der Waals surface area contributed by atoms with Crippen LogP contribution in [0.15, 0.2) is 48.5 Å². The predicted molar refractivity (Wildman–Crippen MR) is 87.5 cm³/mol. The molecule has 7 heteroatoms. The van der Waals surface area contributed by atoms with Gasteiger partial charge < -0.3 is 9.84 Å². The Balaban J connectivity index is 2.10. The van der Waals surface area contributed by atoms with Gasteiger partial charge in [-0.05, 0) is 48.5 Å². The first-order valence-corrected chi connectivity index (χ1v) is 7.30. The lowest BCUT2D eigenvalue weighted by molar-refractivity contribution is 0.0687. The summed E-state index contributed by atoms with van der Waals surface area (Å²) in [5, 5.41) is 13.6. The van der Waals surface area contributed by atoms with Crippen molar-refractivity contribution in [3.63, 3.8) is 0 Å². The van der Waals surface area contributed by atoms with E-state index >= 15 is 0 Å². The molecule has 0 bridgehead atoms. The summed E-state index contributed by atoms with van der Waals surface area (Å²) in [7, 11) is 1.56. The zero-order chi connectivity index (χ0) is 17.3. The first kappa shape index (κ1) is 16.0. The number of methoxy groups -OCH3 is 1. The van der Waals surface area contributed by atoms with Crippen molar-refractivity contribution in [2.75, 3.05) is 7.11 Å². The third-order valence-electron chi connectivity index (χ3n) is 3.46. The molecular weight excluding hydrogens is 335 g/mol. The molecule has 3 aromatic rings. The van der Waals surface area contributed by atoms with E-state index < -0.39 is 11.8 Å². The summed E-state index contributed by atoms with van der Waals surface area (Å²) >= 11 is 5.78. The first-order chi connectivity index (χ1) is 11.5.